The average Bonchev–Trinajstić information content (AvgIpc) is 2.48. The van der Waals surface area contributed by atoms with E-state index in [1.165, 1.54) is 12.1 Å². The Hall–Kier alpha value is -1.99. The SMILES string of the molecule is O=C(CNCc1cccc([N+](=O)[O-])c1)N1CCOCC1. The quantitative estimate of drug-likeness (QED) is 0.628. The molecular weight excluding hydrogens is 262 g/mol. The minimum Gasteiger partial charge on any atom is -0.378 e. The number of nitrogens with zero attached hydrogens (tertiary/aromatic N) is 2. The molecule has 0 saturated carbocycles. The first-order chi connectivity index (χ1) is 9.66. The number of nitro groups is 1. The number of nitrogens with one attached hydrogen (secondary N) is 1. The van der Waals surface area contributed by atoms with Crippen molar-refractivity contribution in [2.75, 3.05) is 32.8 Å². The molecule has 0 unspecified atom stereocenters. The van der Waals surface area contributed by atoms with Crippen LogP contribution < -0.4 is 5.32 Å². The summed E-state index contributed by atoms with van der Waals surface area (Å²) in [6, 6.07) is 6.38. The summed E-state index contributed by atoms with van der Waals surface area (Å²) in [7, 11) is 0. The monoisotopic (exact) mass is 279 g/mol. The van der Waals surface area contributed by atoms with E-state index >= 15 is 0 Å². The Morgan fingerprint density at radius 2 is 2.15 bits per heavy atom. The number of ether oxygens (including phenoxy) is 1. The van der Waals surface area contributed by atoms with Gasteiger partial charge in [0.2, 0.25) is 5.91 Å². The Morgan fingerprint density at radius 3 is 2.85 bits per heavy atom. The van der Waals surface area contributed by atoms with Gasteiger partial charge in [0.25, 0.3) is 5.69 Å². The molecule has 1 aromatic rings. The third-order valence-electron chi connectivity index (χ3n) is 3.09. The van der Waals surface area contributed by atoms with Crippen LogP contribution in [0.15, 0.2) is 24.3 Å². The number of benzene rings is 1. The van der Waals surface area contributed by atoms with Gasteiger partial charge in [0.15, 0.2) is 0 Å². The van der Waals surface area contributed by atoms with Crippen molar-refractivity contribution in [3.63, 3.8) is 0 Å². The zero-order valence-electron chi connectivity index (χ0n) is 11.1. The molecule has 1 N–H and O–H groups in total. The summed E-state index contributed by atoms with van der Waals surface area (Å²) >= 11 is 0. The number of carbonyl (C=O) groups excluding carboxylic acids is 1. The van der Waals surface area contributed by atoms with E-state index in [-0.39, 0.29) is 18.1 Å². The van der Waals surface area contributed by atoms with Crippen molar-refractivity contribution in [2.24, 2.45) is 0 Å². The highest BCUT2D eigenvalue weighted by atomic mass is 16.6. The summed E-state index contributed by atoms with van der Waals surface area (Å²) in [5, 5.41) is 13.7. The van der Waals surface area contributed by atoms with E-state index in [0.29, 0.717) is 32.8 Å². The molecule has 1 fully saturated rings. The summed E-state index contributed by atoms with van der Waals surface area (Å²) in [5.41, 5.74) is 0.845. The normalized spacial score (nSPS) is 15.1. The maximum absolute atomic E-state index is 11.9. The molecule has 0 aromatic heterocycles. The second-order valence-electron chi connectivity index (χ2n) is 4.52. The maximum atomic E-state index is 11.9. The van der Waals surface area contributed by atoms with Crippen molar-refractivity contribution < 1.29 is 14.5 Å². The summed E-state index contributed by atoms with van der Waals surface area (Å²) in [5.74, 6) is 0.0266. The zero-order chi connectivity index (χ0) is 14.4. The number of carbonyl (C=O) groups is 1. The van der Waals surface area contributed by atoms with E-state index in [1.54, 1.807) is 17.0 Å². The van der Waals surface area contributed by atoms with Crippen LogP contribution in [0.4, 0.5) is 5.69 Å². The molecule has 7 nitrogen and oxygen atoms in total. The minimum atomic E-state index is -0.428. The summed E-state index contributed by atoms with van der Waals surface area (Å²) in [4.78, 5) is 23.8. The number of non-ortho nitro benzene ring substituents is 1. The highest BCUT2D eigenvalue weighted by molar-refractivity contribution is 5.78. The van der Waals surface area contributed by atoms with Crippen LogP contribution in [0, 0.1) is 10.1 Å². The molecule has 108 valence electrons. The van der Waals surface area contributed by atoms with Crippen molar-refractivity contribution in [3.8, 4) is 0 Å². The van der Waals surface area contributed by atoms with Gasteiger partial charge in [-0.15, -0.1) is 0 Å². The first kappa shape index (κ1) is 14.4. The van der Waals surface area contributed by atoms with Crippen LogP contribution in [0.5, 0.6) is 0 Å². The Kier molecular flexibility index (Phi) is 5.03. The van der Waals surface area contributed by atoms with E-state index in [2.05, 4.69) is 5.32 Å². The van der Waals surface area contributed by atoms with E-state index < -0.39 is 4.92 Å². The molecule has 1 aromatic carbocycles. The Labute approximate surface area is 116 Å². The zero-order valence-corrected chi connectivity index (χ0v) is 11.1. The topological polar surface area (TPSA) is 84.7 Å². The van der Waals surface area contributed by atoms with Gasteiger partial charge < -0.3 is 15.0 Å². The fraction of sp³-hybridized carbons (Fsp3) is 0.462. The van der Waals surface area contributed by atoms with Gasteiger partial charge in [-0.3, -0.25) is 14.9 Å². The summed E-state index contributed by atoms with van der Waals surface area (Å²) in [6.45, 7) is 3.06. The largest absolute Gasteiger partial charge is 0.378 e. The van der Waals surface area contributed by atoms with Gasteiger partial charge >= 0.3 is 0 Å². The highest BCUT2D eigenvalue weighted by Crippen LogP contribution is 2.12. The van der Waals surface area contributed by atoms with E-state index in [0.717, 1.165) is 5.56 Å². The van der Waals surface area contributed by atoms with Crippen LogP contribution in [-0.4, -0.2) is 48.6 Å². The molecule has 0 radical (unpaired) electrons. The molecule has 0 atom stereocenters. The number of rotatable bonds is 5. The Balaban J connectivity index is 1.79. The summed E-state index contributed by atoms with van der Waals surface area (Å²) < 4.78 is 5.18. The third-order valence-corrected chi connectivity index (χ3v) is 3.09. The molecule has 0 aliphatic carbocycles. The fourth-order valence-electron chi connectivity index (χ4n) is 2.02. The van der Waals surface area contributed by atoms with Crippen molar-refractivity contribution in [3.05, 3.63) is 39.9 Å². The first-order valence-corrected chi connectivity index (χ1v) is 6.46. The van der Waals surface area contributed by atoms with Gasteiger partial charge in [-0.2, -0.15) is 0 Å². The lowest BCUT2D eigenvalue weighted by atomic mass is 10.2. The van der Waals surface area contributed by atoms with Gasteiger partial charge in [0.1, 0.15) is 0 Å². The molecule has 1 aliphatic rings. The molecule has 0 bridgehead atoms. The van der Waals surface area contributed by atoms with Crippen LogP contribution in [0.2, 0.25) is 0 Å². The second-order valence-corrected chi connectivity index (χ2v) is 4.52. The molecule has 20 heavy (non-hydrogen) atoms. The average molecular weight is 279 g/mol. The van der Waals surface area contributed by atoms with E-state index in [9.17, 15) is 14.9 Å². The molecule has 2 rings (SSSR count). The smallest absolute Gasteiger partial charge is 0.269 e. The van der Waals surface area contributed by atoms with E-state index in [1.807, 2.05) is 0 Å². The molecule has 1 aliphatic heterocycles. The summed E-state index contributed by atoms with van der Waals surface area (Å²) in [6.07, 6.45) is 0. The molecular formula is C13H17N3O4. The third kappa shape index (κ3) is 4.01. The second kappa shape index (κ2) is 6.97. The van der Waals surface area contributed by atoms with Crippen LogP contribution in [-0.2, 0) is 16.1 Å². The lowest BCUT2D eigenvalue weighted by Gasteiger charge is -2.26. The molecule has 1 amide bonds. The minimum absolute atomic E-state index is 0.0266. The van der Waals surface area contributed by atoms with Crippen molar-refractivity contribution in [2.45, 2.75) is 6.54 Å². The number of nitro benzene ring substituents is 1. The van der Waals surface area contributed by atoms with Crippen LogP contribution in [0.3, 0.4) is 0 Å². The van der Waals surface area contributed by atoms with Crippen LogP contribution >= 0.6 is 0 Å². The molecule has 0 spiro atoms. The van der Waals surface area contributed by atoms with Gasteiger partial charge in [0, 0.05) is 31.8 Å². The lowest BCUT2D eigenvalue weighted by Crippen LogP contribution is -2.44. The predicted molar refractivity (Wildman–Crippen MR) is 72.2 cm³/mol. The van der Waals surface area contributed by atoms with Gasteiger partial charge in [-0.1, -0.05) is 12.1 Å². The standard InChI is InChI=1S/C13H17N3O4/c17-13(15-4-6-20-7-5-15)10-14-9-11-2-1-3-12(8-11)16(18)19/h1-3,8,14H,4-7,9-10H2. The molecule has 1 saturated heterocycles. The number of hydrogen-bond donors (Lipinski definition) is 1. The Bertz CT molecular complexity index is 486. The molecule has 7 heteroatoms. The van der Waals surface area contributed by atoms with Crippen molar-refractivity contribution in [1.82, 2.24) is 10.2 Å². The Morgan fingerprint density at radius 1 is 1.40 bits per heavy atom. The van der Waals surface area contributed by atoms with Crippen LogP contribution in [0.25, 0.3) is 0 Å². The van der Waals surface area contributed by atoms with Crippen LogP contribution in [0.1, 0.15) is 5.56 Å². The fourth-order valence-corrected chi connectivity index (χ4v) is 2.02. The maximum Gasteiger partial charge on any atom is 0.269 e. The van der Waals surface area contributed by atoms with Gasteiger partial charge in [-0.05, 0) is 5.56 Å². The van der Waals surface area contributed by atoms with E-state index in [4.69, 9.17) is 4.74 Å². The van der Waals surface area contributed by atoms with Gasteiger partial charge in [-0.25, -0.2) is 0 Å². The highest BCUT2D eigenvalue weighted by Gasteiger charge is 2.16. The van der Waals surface area contributed by atoms with Crippen molar-refractivity contribution >= 4 is 11.6 Å². The first-order valence-electron chi connectivity index (χ1n) is 6.46. The van der Waals surface area contributed by atoms with Crippen molar-refractivity contribution in [1.29, 1.82) is 0 Å². The lowest BCUT2D eigenvalue weighted by molar-refractivity contribution is -0.384. The predicted octanol–water partition coefficient (Wildman–Crippen LogP) is 0.543. The number of amides is 1. The van der Waals surface area contributed by atoms with Gasteiger partial charge in [0.05, 0.1) is 24.7 Å². The number of hydrogen-bond acceptors (Lipinski definition) is 5. The number of morpholine rings is 1. The molecule has 1 heterocycles.